The Morgan fingerprint density at radius 1 is 0.611 bits per heavy atom. The normalized spacial score (nSPS) is 27.7. The molecule has 2 rings (SSSR count). The minimum atomic E-state index is -0.366. The summed E-state index contributed by atoms with van der Waals surface area (Å²) in [5, 5.41) is 0. The van der Waals surface area contributed by atoms with Gasteiger partial charge in [-0.15, -0.1) is 0 Å². The highest BCUT2D eigenvalue weighted by Gasteiger charge is 2.32. The van der Waals surface area contributed by atoms with Crippen molar-refractivity contribution in [3.63, 3.8) is 0 Å². The summed E-state index contributed by atoms with van der Waals surface area (Å²) in [4.78, 5) is 0. The molecule has 2 aliphatic rings. The van der Waals surface area contributed by atoms with Crippen molar-refractivity contribution in [1.82, 2.24) is 0 Å². The lowest BCUT2D eigenvalue weighted by Crippen LogP contribution is -2.43. The molecule has 4 heteroatoms. The van der Waals surface area contributed by atoms with Crippen LogP contribution in [0.2, 0.25) is 0 Å². The van der Waals surface area contributed by atoms with Crippen molar-refractivity contribution in [3.8, 4) is 0 Å². The van der Waals surface area contributed by atoms with E-state index in [0.717, 1.165) is 26.4 Å². The van der Waals surface area contributed by atoms with Crippen LogP contribution in [0, 0.1) is 5.41 Å². The monoisotopic (exact) mass is 262 g/mol. The van der Waals surface area contributed by atoms with Crippen molar-refractivity contribution in [2.75, 3.05) is 26.4 Å². The van der Waals surface area contributed by atoms with Gasteiger partial charge in [-0.2, -0.15) is 0 Å². The summed E-state index contributed by atoms with van der Waals surface area (Å²) in [6.45, 7) is 15.1. The van der Waals surface area contributed by atoms with E-state index in [9.17, 15) is 0 Å². The predicted molar refractivity (Wildman–Crippen MR) is 72.5 cm³/mol. The lowest BCUT2D eigenvalue weighted by Gasteiger charge is -2.39. The fourth-order valence-electron chi connectivity index (χ4n) is 1.44. The first-order valence-corrected chi connectivity index (χ1v) is 6.18. The molecule has 110 valence electrons. The van der Waals surface area contributed by atoms with Gasteiger partial charge in [0.05, 0.1) is 26.4 Å². The van der Waals surface area contributed by atoms with Gasteiger partial charge < -0.3 is 18.9 Å². The van der Waals surface area contributed by atoms with Crippen LogP contribution in [-0.4, -0.2) is 38.0 Å². The van der Waals surface area contributed by atoms with Crippen LogP contribution in [0.3, 0.4) is 0 Å². The summed E-state index contributed by atoms with van der Waals surface area (Å²) in [5.74, 6) is -0.671. The second-order valence-corrected chi connectivity index (χ2v) is 6.24. The molecule has 0 radical (unpaired) electrons. The molecule has 0 bridgehead atoms. The topological polar surface area (TPSA) is 36.9 Å². The standard InChI is InChI=1S/C8H16O2.C5H10O2.CH4/c1-7(2)5-9-8(3,4)10-6-7;1-5(2)6-3-4-7-5;/h5-6H2,1-4H3;3-4H2,1-2H3;1H4. The van der Waals surface area contributed by atoms with Crippen molar-refractivity contribution in [1.29, 1.82) is 0 Å². The van der Waals surface area contributed by atoms with E-state index in [0.29, 0.717) is 0 Å². The van der Waals surface area contributed by atoms with Gasteiger partial charge in [0, 0.05) is 5.41 Å². The van der Waals surface area contributed by atoms with E-state index in [-0.39, 0.29) is 24.4 Å². The van der Waals surface area contributed by atoms with E-state index in [1.54, 1.807) is 0 Å². The molecule has 2 saturated heterocycles. The first kappa shape index (κ1) is 17.8. The quantitative estimate of drug-likeness (QED) is 0.672. The van der Waals surface area contributed by atoms with Crippen LogP contribution < -0.4 is 0 Å². The lowest BCUT2D eigenvalue weighted by atomic mass is 9.95. The zero-order valence-corrected chi connectivity index (χ0v) is 12.0. The van der Waals surface area contributed by atoms with E-state index >= 15 is 0 Å². The third-order valence-corrected chi connectivity index (χ3v) is 2.60. The SMILES string of the molecule is C.CC1(C)COC(C)(C)OC1.CC1(C)OCCO1. The predicted octanol–water partition coefficient (Wildman–Crippen LogP) is 3.20. The zero-order valence-electron chi connectivity index (χ0n) is 12.0. The van der Waals surface area contributed by atoms with Crippen molar-refractivity contribution in [3.05, 3.63) is 0 Å². The Kier molecular flexibility index (Phi) is 6.27. The van der Waals surface area contributed by atoms with Crippen LogP contribution in [0.1, 0.15) is 49.0 Å². The number of hydrogen-bond donors (Lipinski definition) is 0. The first-order chi connectivity index (χ1) is 7.62. The van der Waals surface area contributed by atoms with Gasteiger partial charge in [0.15, 0.2) is 11.6 Å². The number of rotatable bonds is 0. The van der Waals surface area contributed by atoms with Crippen LogP contribution in [0.5, 0.6) is 0 Å². The van der Waals surface area contributed by atoms with Gasteiger partial charge in [-0.1, -0.05) is 21.3 Å². The average molecular weight is 262 g/mol. The summed E-state index contributed by atoms with van der Waals surface area (Å²) in [5.41, 5.74) is 0.190. The maximum absolute atomic E-state index is 5.46. The minimum Gasteiger partial charge on any atom is -0.350 e. The Morgan fingerprint density at radius 2 is 0.944 bits per heavy atom. The Labute approximate surface area is 112 Å². The van der Waals surface area contributed by atoms with Gasteiger partial charge >= 0.3 is 0 Å². The van der Waals surface area contributed by atoms with Gasteiger partial charge in [0.25, 0.3) is 0 Å². The Balaban J connectivity index is 0.000000321. The number of ether oxygens (including phenoxy) is 4. The molecule has 0 aromatic carbocycles. The summed E-state index contributed by atoms with van der Waals surface area (Å²) < 4.78 is 21.2. The van der Waals surface area contributed by atoms with E-state index in [1.165, 1.54) is 0 Å². The zero-order chi connectivity index (χ0) is 13.2. The van der Waals surface area contributed by atoms with E-state index in [1.807, 2.05) is 27.7 Å². The fourth-order valence-corrected chi connectivity index (χ4v) is 1.44. The molecule has 0 atom stereocenters. The molecule has 4 nitrogen and oxygen atoms in total. The molecule has 0 aromatic rings. The van der Waals surface area contributed by atoms with Gasteiger partial charge in [-0.05, 0) is 27.7 Å². The molecule has 0 unspecified atom stereocenters. The smallest absolute Gasteiger partial charge is 0.162 e. The third-order valence-electron chi connectivity index (χ3n) is 2.60. The molecule has 2 heterocycles. The average Bonchev–Trinajstić information content (AvgIpc) is 2.58. The maximum atomic E-state index is 5.46. The second-order valence-electron chi connectivity index (χ2n) is 6.24. The molecule has 18 heavy (non-hydrogen) atoms. The first-order valence-electron chi connectivity index (χ1n) is 6.18. The van der Waals surface area contributed by atoms with Gasteiger partial charge in [0.1, 0.15) is 0 Å². The highest BCUT2D eigenvalue weighted by atomic mass is 16.7. The molecule has 2 fully saturated rings. The summed E-state index contributed by atoms with van der Waals surface area (Å²) in [6.07, 6.45) is 0. The fraction of sp³-hybridized carbons (Fsp3) is 1.00. The number of hydrogen-bond acceptors (Lipinski definition) is 4. The van der Waals surface area contributed by atoms with Crippen molar-refractivity contribution in [2.45, 2.75) is 60.5 Å². The van der Waals surface area contributed by atoms with Gasteiger partial charge in [-0.25, -0.2) is 0 Å². The summed E-state index contributed by atoms with van der Waals surface area (Å²) >= 11 is 0. The van der Waals surface area contributed by atoms with Gasteiger partial charge in [0.2, 0.25) is 0 Å². The van der Waals surface area contributed by atoms with Crippen LogP contribution in [-0.2, 0) is 18.9 Å². The third kappa shape index (κ3) is 6.69. The highest BCUT2D eigenvalue weighted by Crippen LogP contribution is 2.28. The molecule has 0 aliphatic carbocycles. The Hall–Kier alpha value is -0.160. The highest BCUT2D eigenvalue weighted by molar-refractivity contribution is 4.74. The molecule has 2 aliphatic heterocycles. The lowest BCUT2D eigenvalue weighted by molar-refractivity contribution is -0.279. The summed E-state index contributed by atoms with van der Waals surface area (Å²) in [7, 11) is 0. The molecule has 0 aromatic heterocycles. The van der Waals surface area contributed by atoms with Crippen LogP contribution in [0.4, 0.5) is 0 Å². The van der Waals surface area contributed by atoms with E-state index in [2.05, 4.69) is 13.8 Å². The van der Waals surface area contributed by atoms with Crippen molar-refractivity contribution >= 4 is 0 Å². The summed E-state index contributed by atoms with van der Waals surface area (Å²) in [6, 6.07) is 0. The second kappa shape index (κ2) is 6.33. The van der Waals surface area contributed by atoms with Crippen molar-refractivity contribution < 1.29 is 18.9 Å². The molecule has 0 N–H and O–H groups in total. The van der Waals surface area contributed by atoms with E-state index in [4.69, 9.17) is 18.9 Å². The van der Waals surface area contributed by atoms with Gasteiger partial charge in [-0.3, -0.25) is 0 Å². The van der Waals surface area contributed by atoms with Crippen LogP contribution in [0.25, 0.3) is 0 Å². The molecule has 0 saturated carbocycles. The van der Waals surface area contributed by atoms with E-state index < -0.39 is 0 Å². The van der Waals surface area contributed by atoms with Crippen LogP contribution >= 0.6 is 0 Å². The van der Waals surface area contributed by atoms with Crippen molar-refractivity contribution in [2.24, 2.45) is 5.41 Å². The Bertz CT molecular complexity index is 210. The maximum Gasteiger partial charge on any atom is 0.162 e. The van der Waals surface area contributed by atoms with Crippen LogP contribution in [0.15, 0.2) is 0 Å². The Morgan fingerprint density at radius 3 is 1.17 bits per heavy atom. The largest absolute Gasteiger partial charge is 0.350 e. The molecule has 0 spiro atoms. The molecule has 0 amide bonds. The minimum absolute atomic E-state index is 0. The molecular weight excluding hydrogens is 232 g/mol. The molecular formula is C14H30O4.